The molecular weight excluding hydrogens is 230 g/mol. The van der Waals surface area contributed by atoms with E-state index in [9.17, 15) is 0 Å². The molecule has 0 aliphatic rings. The molecule has 0 bridgehead atoms. The van der Waals surface area contributed by atoms with Gasteiger partial charge in [0.05, 0.1) is 0 Å². The molecule has 0 radical (unpaired) electrons. The lowest BCUT2D eigenvalue weighted by molar-refractivity contribution is -0.660. The standard InChI is InChI=1S/C18H24N/c1-14-13-19(5)17(15-9-7-6-8-10-15)11-16(14)12-18(2,3)4/h6-11,13H,12H2,1-5H3/q+1/i1D3,12D2. The van der Waals surface area contributed by atoms with Gasteiger partial charge in [-0.2, -0.15) is 0 Å². The first kappa shape index (κ1) is 8.52. The number of aromatic nitrogens is 1. The topological polar surface area (TPSA) is 3.88 Å². The maximum atomic E-state index is 8.58. The van der Waals surface area contributed by atoms with E-state index in [1.807, 2.05) is 30.3 Å². The minimum atomic E-state index is -2.37. The van der Waals surface area contributed by atoms with Crippen LogP contribution in [0.3, 0.4) is 0 Å². The Morgan fingerprint density at radius 2 is 1.89 bits per heavy atom. The van der Waals surface area contributed by atoms with Crippen LogP contribution < -0.4 is 4.57 Å². The van der Waals surface area contributed by atoms with Crippen molar-refractivity contribution in [2.45, 2.75) is 34.0 Å². The van der Waals surface area contributed by atoms with Gasteiger partial charge in [-0.05, 0) is 36.3 Å². The molecule has 0 saturated heterocycles. The third-order valence-electron chi connectivity index (χ3n) is 2.85. The molecule has 1 nitrogen and oxygen atoms in total. The average molecular weight is 259 g/mol. The lowest BCUT2D eigenvalue weighted by Gasteiger charge is -2.19. The summed E-state index contributed by atoms with van der Waals surface area (Å²) in [4.78, 5) is 0. The summed E-state index contributed by atoms with van der Waals surface area (Å²) in [7, 11) is 1.79. The van der Waals surface area contributed by atoms with Gasteiger partial charge in [0.15, 0.2) is 6.20 Å². The number of benzene rings is 1. The van der Waals surface area contributed by atoms with Crippen molar-refractivity contribution in [2.24, 2.45) is 12.5 Å². The molecule has 0 aliphatic carbocycles. The predicted octanol–water partition coefficient (Wildman–Crippen LogP) is 4.08. The lowest BCUT2D eigenvalue weighted by Crippen LogP contribution is -2.32. The Balaban J connectivity index is 2.80. The highest BCUT2D eigenvalue weighted by atomic mass is 14.9. The molecule has 0 aliphatic heterocycles. The minimum Gasteiger partial charge on any atom is -0.201 e. The summed E-state index contributed by atoms with van der Waals surface area (Å²) in [6, 6.07) is 11.3. The van der Waals surface area contributed by atoms with Crippen molar-refractivity contribution in [3.05, 3.63) is 53.7 Å². The Morgan fingerprint density at radius 1 is 1.21 bits per heavy atom. The molecule has 0 amide bonds. The van der Waals surface area contributed by atoms with Crippen LogP contribution in [0.4, 0.5) is 0 Å². The summed E-state index contributed by atoms with van der Waals surface area (Å²) in [5.74, 6) is 0. The fraction of sp³-hybridized carbons (Fsp3) is 0.389. The fourth-order valence-electron chi connectivity index (χ4n) is 2.05. The molecule has 1 heterocycles. The maximum absolute atomic E-state index is 8.58. The number of rotatable bonds is 2. The molecule has 19 heavy (non-hydrogen) atoms. The third kappa shape index (κ3) is 3.44. The van der Waals surface area contributed by atoms with Gasteiger partial charge in [-0.1, -0.05) is 39.0 Å². The molecule has 0 atom stereocenters. The van der Waals surface area contributed by atoms with Crippen molar-refractivity contribution in [2.75, 3.05) is 0 Å². The second-order valence-corrected chi connectivity index (χ2v) is 5.84. The minimum absolute atomic E-state index is 0.0598. The molecule has 0 unspecified atom stereocenters. The van der Waals surface area contributed by atoms with Crippen molar-refractivity contribution >= 4 is 0 Å². The Labute approximate surface area is 123 Å². The van der Waals surface area contributed by atoms with E-state index in [0.717, 1.165) is 11.3 Å². The van der Waals surface area contributed by atoms with Crippen molar-refractivity contribution < 1.29 is 11.4 Å². The summed E-state index contributed by atoms with van der Waals surface area (Å²) < 4.78 is 42.4. The molecule has 0 spiro atoms. The van der Waals surface area contributed by atoms with Crippen molar-refractivity contribution in [1.82, 2.24) is 0 Å². The van der Waals surface area contributed by atoms with Gasteiger partial charge >= 0.3 is 0 Å². The van der Waals surface area contributed by atoms with E-state index < -0.39 is 18.6 Å². The van der Waals surface area contributed by atoms with Gasteiger partial charge < -0.3 is 0 Å². The summed E-state index contributed by atoms with van der Waals surface area (Å²) in [6.45, 7) is 2.98. The third-order valence-corrected chi connectivity index (χ3v) is 2.85. The van der Waals surface area contributed by atoms with E-state index in [-0.39, 0.29) is 11.1 Å². The van der Waals surface area contributed by atoms with E-state index in [1.54, 1.807) is 38.5 Å². The largest absolute Gasteiger partial charge is 0.212 e. The zero-order valence-electron chi connectivity index (χ0n) is 17.0. The van der Waals surface area contributed by atoms with E-state index in [0.29, 0.717) is 0 Å². The molecule has 0 N–H and O–H groups in total. The van der Waals surface area contributed by atoms with E-state index in [1.165, 1.54) is 6.20 Å². The average Bonchev–Trinajstić information content (AvgIpc) is 2.45. The number of hydrogen-bond donors (Lipinski definition) is 0. The smallest absolute Gasteiger partial charge is 0.201 e. The number of hydrogen-bond acceptors (Lipinski definition) is 0. The van der Waals surface area contributed by atoms with Crippen LogP contribution >= 0.6 is 0 Å². The van der Waals surface area contributed by atoms with Gasteiger partial charge in [0.2, 0.25) is 5.69 Å². The monoisotopic (exact) mass is 259 g/mol. The fourth-order valence-corrected chi connectivity index (χ4v) is 2.05. The highest BCUT2D eigenvalue weighted by Gasteiger charge is 2.18. The van der Waals surface area contributed by atoms with Crippen molar-refractivity contribution in [3.63, 3.8) is 0 Å². The summed E-state index contributed by atoms with van der Waals surface area (Å²) in [6.07, 6.45) is -0.247. The summed E-state index contributed by atoms with van der Waals surface area (Å²) >= 11 is 0. The zero-order valence-corrected chi connectivity index (χ0v) is 12.0. The van der Waals surface area contributed by atoms with E-state index in [4.69, 9.17) is 6.85 Å². The van der Waals surface area contributed by atoms with Crippen molar-refractivity contribution in [1.29, 1.82) is 0 Å². The van der Waals surface area contributed by atoms with Gasteiger partial charge in [-0.25, -0.2) is 4.57 Å². The van der Waals surface area contributed by atoms with Crippen LogP contribution in [-0.4, -0.2) is 0 Å². The molecule has 1 heteroatoms. The van der Waals surface area contributed by atoms with Gasteiger partial charge in [-0.3, -0.25) is 0 Å². The Hall–Kier alpha value is -1.63. The predicted molar refractivity (Wildman–Crippen MR) is 81.0 cm³/mol. The Kier molecular flexibility index (Phi) is 2.32. The molecule has 2 aromatic rings. The number of nitrogens with zero attached hydrogens (tertiary/aromatic N) is 1. The molecule has 0 saturated carbocycles. The van der Waals surface area contributed by atoms with E-state index >= 15 is 0 Å². The van der Waals surface area contributed by atoms with Crippen LogP contribution in [0.2, 0.25) is 0 Å². The Bertz CT molecular complexity index is 728. The van der Waals surface area contributed by atoms with Crippen LogP contribution in [0.5, 0.6) is 0 Å². The van der Waals surface area contributed by atoms with Crippen molar-refractivity contribution in [3.8, 4) is 11.3 Å². The van der Waals surface area contributed by atoms with E-state index in [2.05, 4.69) is 0 Å². The second kappa shape index (κ2) is 5.16. The number of aryl methyl sites for hydroxylation is 2. The second-order valence-electron chi connectivity index (χ2n) is 5.84. The zero-order chi connectivity index (χ0) is 18.3. The first-order valence-corrected chi connectivity index (χ1v) is 6.46. The first-order valence-electron chi connectivity index (χ1n) is 8.96. The molecular formula is C18H24N+. The first-order chi connectivity index (χ1) is 10.9. The van der Waals surface area contributed by atoms with Crippen LogP contribution in [0, 0.1) is 12.3 Å². The highest BCUT2D eigenvalue weighted by molar-refractivity contribution is 5.57. The van der Waals surface area contributed by atoms with Crippen LogP contribution in [0.15, 0.2) is 42.6 Å². The molecule has 2 rings (SSSR count). The molecule has 1 aromatic heterocycles. The van der Waals surface area contributed by atoms with Crippen LogP contribution in [0.25, 0.3) is 11.3 Å². The van der Waals surface area contributed by atoms with Gasteiger partial charge in [-0.15, -0.1) is 0 Å². The molecule has 100 valence electrons. The van der Waals surface area contributed by atoms with Crippen LogP contribution in [0.1, 0.15) is 38.8 Å². The lowest BCUT2D eigenvalue weighted by atomic mass is 9.86. The Morgan fingerprint density at radius 3 is 2.47 bits per heavy atom. The van der Waals surface area contributed by atoms with Gasteiger partial charge in [0.25, 0.3) is 0 Å². The normalized spacial score (nSPS) is 16.9. The summed E-state index contributed by atoms with van der Waals surface area (Å²) in [5, 5.41) is 0. The van der Waals surface area contributed by atoms with Gasteiger partial charge in [0, 0.05) is 24.0 Å². The molecule has 1 aromatic carbocycles. The summed E-state index contributed by atoms with van der Waals surface area (Å²) in [5.41, 5.74) is 1.26. The highest BCUT2D eigenvalue weighted by Crippen LogP contribution is 2.25. The quantitative estimate of drug-likeness (QED) is 0.716. The van der Waals surface area contributed by atoms with Gasteiger partial charge in [0.1, 0.15) is 7.05 Å². The molecule has 0 fully saturated rings. The SMILES string of the molecule is [2H]C([2H])([2H])c1c[n+](C)c(-c2ccccc2)cc1C([2H])([2H])C(C)(C)C. The number of pyridine rings is 1. The maximum Gasteiger partial charge on any atom is 0.212 e. The van der Waals surface area contributed by atoms with Crippen LogP contribution in [-0.2, 0) is 13.4 Å².